The lowest BCUT2D eigenvalue weighted by molar-refractivity contribution is -0.402. The van der Waals surface area contributed by atoms with Crippen molar-refractivity contribution < 1.29 is 29.5 Å². The lowest BCUT2D eigenvalue weighted by Crippen LogP contribution is -2.06. The van der Waals surface area contributed by atoms with Crippen LogP contribution in [0.1, 0.15) is 11.1 Å². The predicted octanol–water partition coefficient (Wildman–Crippen LogP) is 2.47. The van der Waals surface area contributed by atoms with Gasteiger partial charge in [0.15, 0.2) is 11.4 Å². The molecule has 0 bridgehead atoms. The fraction of sp³-hybridized carbons (Fsp3) is 0. The molecule has 2 aromatic rings. The van der Waals surface area contributed by atoms with Gasteiger partial charge in [-0.1, -0.05) is 0 Å². The zero-order valence-corrected chi connectivity index (χ0v) is 16.0. The van der Waals surface area contributed by atoms with E-state index in [1.807, 2.05) is 0 Å². The topological polar surface area (TPSA) is 311 Å². The average Bonchev–Trinajstić information content (AvgIpc) is 2.70. The van der Waals surface area contributed by atoms with Crippen molar-refractivity contribution in [1.29, 1.82) is 0 Å². The van der Waals surface area contributed by atoms with Crippen LogP contribution in [0, 0.1) is 60.7 Å². The number of anilines is 2. The van der Waals surface area contributed by atoms with Crippen LogP contribution in [-0.4, -0.2) is 29.5 Å². The van der Waals surface area contributed by atoms with Crippen LogP contribution in [0.25, 0.3) is 12.2 Å². The first-order valence-electron chi connectivity index (χ1n) is 8.18. The molecular formula is C14H8N8O12. The monoisotopic (exact) mass is 480 g/mol. The highest BCUT2D eigenvalue weighted by atomic mass is 16.6. The molecule has 20 nitrogen and oxygen atoms in total. The maximum atomic E-state index is 11.5. The Bertz CT molecular complexity index is 1250. The lowest BCUT2D eigenvalue weighted by atomic mass is 10.0. The van der Waals surface area contributed by atoms with Crippen LogP contribution < -0.4 is 11.5 Å². The Morgan fingerprint density at radius 2 is 0.765 bits per heavy atom. The first kappa shape index (κ1) is 24.4. The third-order valence-electron chi connectivity index (χ3n) is 4.24. The molecule has 0 unspecified atom stereocenters. The van der Waals surface area contributed by atoms with Crippen molar-refractivity contribution >= 4 is 57.7 Å². The summed E-state index contributed by atoms with van der Waals surface area (Å²) in [4.78, 5) is 60.3. The maximum Gasteiger partial charge on any atom is 0.313 e. The van der Waals surface area contributed by atoms with E-state index in [4.69, 9.17) is 11.5 Å². The van der Waals surface area contributed by atoms with Crippen LogP contribution in [0.2, 0.25) is 0 Å². The van der Waals surface area contributed by atoms with Gasteiger partial charge in [0, 0.05) is 0 Å². The van der Waals surface area contributed by atoms with Crippen molar-refractivity contribution in [1.82, 2.24) is 0 Å². The number of rotatable bonds is 8. The number of nitrogens with zero attached hydrogens (tertiary/aromatic N) is 6. The largest absolute Gasteiger partial charge is 0.387 e. The summed E-state index contributed by atoms with van der Waals surface area (Å²) in [6.45, 7) is 0. The van der Waals surface area contributed by atoms with E-state index >= 15 is 0 Å². The minimum absolute atomic E-state index is 0.287. The van der Waals surface area contributed by atoms with Crippen molar-refractivity contribution in [3.05, 3.63) is 83.9 Å². The molecule has 4 N–H and O–H groups in total. The molecule has 0 heterocycles. The van der Waals surface area contributed by atoms with Gasteiger partial charge in [-0.3, -0.25) is 60.7 Å². The smallest absolute Gasteiger partial charge is 0.313 e. The molecular weight excluding hydrogens is 472 g/mol. The number of nitrogens with two attached hydrogens (primary N) is 2. The van der Waals surface area contributed by atoms with Crippen LogP contribution in [0.15, 0.2) is 12.1 Å². The number of nitro benzene ring substituents is 6. The summed E-state index contributed by atoms with van der Waals surface area (Å²) in [6, 6.07) is 0.573. The zero-order chi connectivity index (χ0) is 26.1. The molecule has 0 atom stereocenters. The SMILES string of the molecule is Nc1c([N+](=O)[O-])cc([N+](=O)[O-])c(/C=C/c2c([N+](=O)[O-])cc([N+](=O)[O-])c(N)c2[N+](=O)[O-])c1[N+](=O)[O-]. The molecule has 0 aliphatic heterocycles. The van der Waals surface area contributed by atoms with Crippen LogP contribution in [0.3, 0.4) is 0 Å². The summed E-state index contributed by atoms with van der Waals surface area (Å²) in [7, 11) is 0. The predicted molar refractivity (Wildman–Crippen MR) is 111 cm³/mol. The van der Waals surface area contributed by atoms with E-state index in [1.54, 1.807) is 0 Å². The number of hydrogen-bond acceptors (Lipinski definition) is 14. The highest BCUT2D eigenvalue weighted by molar-refractivity contribution is 5.93. The van der Waals surface area contributed by atoms with Gasteiger partial charge < -0.3 is 11.5 Å². The molecule has 2 aromatic carbocycles. The molecule has 2 rings (SSSR count). The third kappa shape index (κ3) is 4.16. The van der Waals surface area contributed by atoms with Gasteiger partial charge in [0.05, 0.1) is 41.7 Å². The molecule has 176 valence electrons. The zero-order valence-electron chi connectivity index (χ0n) is 16.0. The lowest BCUT2D eigenvalue weighted by Gasteiger charge is -2.06. The first-order valence-corrected chi connectivity index (χ1v) is 8.18. The van der Waals surface area contributed by atoms with E-state index in [2.05, 4.69) is 0 Å². The minimum atomic E-state index is -1.34. The molecule has 0 aliphatic carbocycles. The molecule has 0 radical (unpaired) electrons. The van der Waals surface area contributed by atoms with E-state index in [0.717, 1.165) is 0 Å². The molecule has 0 aromatic heterocycles. The van der Waals surface area contributed by atoms with E-state index in [1.165, 1.54) is 0 Å². The summed E-state index contributed by atoms with van der Waals surface area (Å²) in [5.41, 5.74) is -0.910. The van der Waals surface area contributed by atoms with Gasteiger partial charge in [0.2, 0.25) is 0 Å². The first-order chi connectivity index (χ1) is 15.7. The summed E-state index contributed by atoms with van der Waals surface area (Å²) < 4.78 is 0. The van der Waals surface area contributed by atoms with Gasteiger partial charge in [0.1, 0.15) is 11.1 Å². The van der Waals surface area contributed by atoms with Crippen LogP contribution >= 0.6 is 0 Å². The van der Waals surface area contributed by atoms with Gasteiger partial charge in [-0.15, -0.1) is 0 Å². The number of nitrogen functional groups attached to an aromatic ring is 2. The fourth-order valence-electron chi connectivity index (χ4n) is 2.84. The minimum Gasteiger partial charge on any atom is -0.387 e. The van der Waals surface area contributed by atoms with Crippen molar-refractivity contribution in [2.75, 3.05) is 11.5 Å². The standard InChI is InChI=1S/C14H8N8O12/c15-11-9(19(27)28)3-7(17(23)24)5(13(11)21(31)32)1-2-6-8(18(25)26)4-10(20(29)30)12(16)14(6)22(33)34/h1-4H,15-16H2/b2-1+. The molecule has 0 amide bonds. The third-order valence-corrected chi connectivity index (χ3v) is 4.24. The van der Waals surface area contributed by atoms with Crippen LogP contribution in [0.5, 0.6) is 0 Å². The van der Waals surface area contributed by atoms with Crippen LogP contribution in [-0.2, 0) is 0 Å². The molecule has 0 aliphatic rings. The van der Waals surface area contributed by atoms with E-state index in [9.17, 15) is 60.7 Å². The Kier molecular flexibility index (Phi) is 6.28. The van der Waals surface area contributed by atoms with E-state index in [0.29, 0.717) is 12.2 Å². The van der Waals surface area contributed by atoms with Crippen molar-refractivity contribution in [2.45, 2.75) is 0 Å². The Balaban J connectivity index is 3.02. The van der Waals surface area contributed by atoms with Crippen LogP contribution in [0.4, 0.5) is 45.5 Å². The second kappa shape index (κ2) is 8.74. The molecule has 20 heteroatoms. The second-order valence-electron chi connectivity index (χ2n) is 6.06. The van der Waals surface area contributed by atoms with Gasteiger partial charge in [-0.2, -0.15) is 0 Å². The number of nitro groups is 6. The highest BCUT2D eigenvalue weighted by Crippen LogP contribution is 2.44. The Morgan fingerprint density at radius 1 is 0.500 bits per heavy atom. The van der Waals surface area contributed by atoms with Gasteiger partial charge >= 0.3 is 22.7 Å². The molecule has 0 spiro atoms. The van der Waals surface area contributed by atoms with Crippen molar-refractivity contribution in [3.8, 4) is 0 Å². The molecule has 0 saturated heterocycles. The summed E-state index contributed by atoms with van der Waals surface area (Å²) in [5.74, 6) is 0. The molecule has 34 heavy (non-hydrogen) atoms. The average molecular weight is 480 g/mol. The summed E-state index contributed by atoms with van der Waals surface area (Å²) in [5, 5.41) is 67.8. The maximum absolute atomic E-state index is 11.5. The molecule has 0 fully saturated rings. The summed E-state index contributed by atoms with van der Waals surface area (Å²) >= 11 is 0. The van der Waals surface area contributed by atoms with E-state index < -0.39 is 86.2 Å². The highest BCUT2D eigenvalue weighted by Gasteiger charge is 2.37. The Hall–Kier alpha value is -5.82. The number of hydrogen-bond donors (Lipinski definition) is 2. The Labute approximate surface area is 183 Å². The number of benzene rings is 2. The normalized spacial score (nSPS) is 10.7. The summed E-state index contributed by atoms with van der Waals surface area (Å²) in [6.07, 6.45) is 0.883. The Morgan fingerprint density at radius 3 is 0.971 bits per heavy atom. The second-order valence-corrected chi connectivity index (χ2v) is 6.06. The quantitative estimate of drug-likeness (QED) is 0.237. The van der Waals surface area contributed by atoms with Gasteiger partial charge in [-0.25, -0.2) is 0 Å². The molecule has 0 saturated carbocycles. The van der Waals surface area contributed by atoms with Crippen molar-refractivity contribution in [2.24, 2.45) is 0 Å². The fourth-order valence-corrected chi connectivity index (χ4v) is 2.84. The van der Waals surface area contributed by atoms with Gasteiger partial charge in [-0.05, 0) is 12.2 Å². The van der Waals surface area contributed by atoms with Gasteiger partial charge in [0.25, 0.3) is 11.4 Å². The van der Waals surface area contributed by atoms with E-state index in [-0.39, 0.29) is 12.1 Å². The van der Waals surface area contributed by atoms with Crippen molar-refractivity contribution in [3.63, 3.8) is 0 Å².